The lowest BCUT2D eigenvalue weighted by Gasteiger charge is -2.08. The summed E-state index contributed by atoms with van der Waals surface area (Å²) in [5, 5.41) is 12.2. The van der Waals surface area contributed by atoms with Crippen molar-refractivity contribution in [2.24, 2.45) is 0 Å². The van der Waals surface area contributed by atoms with Crippen LogP contribution in [0, 0.1) is 28.7 Å². The van der Waals surface area contributed by atoms with Gasteiger partial charge in [-0.2, -0.15) is 5.26 Å². The highest BCUT2D eigenvalue weighted by atomic mass is 127. The van der Waals surface area contributed by atoms with Crippen LogP contribution in [0.25, 0.3) is 17.4 Å². The summed E-state index contributed by atoms with van der Waals surface area (Å²) in [5.74, 6) is 0.680. The normalized spacial score (nSPS) is 11.1. The number of nitrogens with zero attached hydrogens (tertiary/aromatic N) is 1. The lowest BCUT2D eigenvalue weighted by atomic mass is 10.1. The van der Waals surface area contributed by atoms with E-state index in [1.807, 2.05) is 68.4 Å². The van der Waals surface area contributed by atoms with Gasteiger partial charge >= 0.3 is 0 Å². The van der Waals surface area contributed by atoms with Crippen molar-refractivity contribution in [3.8, 4) is 17.4 Å². The number of carbonyl (C=O) groups is 1. The predicted molar refractivity (Wildman–Crippen MR) is 115 cm³/mol. The molecule has 0 saturated heterocycles. The predicted octanol–water partition coefficient (Wildman–Crippen LogP) is 5.71. The van der Waals surface area contributed by atoms with E-state index in [1.54, 1.807) is 6.07 Å². The van der Waals surface area contributed by atoms with Gasteiger partial charge in [-0.1, -0.05) is 24.3 Å². The van der Waals surface area contributed by atoms with Gasteiger partial charge in [0.25, 0.3) is 5.91 Å². The third-order valence-corrected chi connectivity index (χ3v) is 4.77. The van der Waals surface area contributed by atoms with Crippen molar-refractivity contribution in [3.63, 3.8) is 0 Å². The van der Waals surface area contributed by atoms with Gasteiger partial charge in [0.2, 0.25) is 0 Å². The summed E-state index contributed by atoms with van der Waals surface area (Å²) in [6, 6.07) is 19.2. The number of rotatable bonds is 4. The number of furan rings is 1. The van der Waals surface area contributed by atoms with Crippen LogP contribution < -0.4 is 5.32 Å². The highest BCUT2D eigenvalue weighted by Gasteiger charge is 2.12. The molecule has 0 aliphatic heterocycles. The number of anilines is 1. The van der Waals surface area contributed by atoms with E-state index < -0.39 is 5.91 Å². The van der Waals surface area contributed by atoms with Crippen molar-refractivity contribution >= 4 is 40.3 Å². The van der Waals surface area contributed by atoms with Gasteiger partial charge in [-0.3, -0.25) is 4.79 Å². The molecule has 5 heteroatoms. The molecule has 0 unspecified atom stereocenters. The molecule has 3 aromatic rings. The third-order valence-electron chi connectivity index (χ3n) is 4.05. The van der Waals surface area contributed by atoms with Gasteiger partial charge in [0.1, 0.15) is 23.2 Å². The Kier molecular flexibility index (Phi) is 5.77. The van der Waals surface area contributed by atoms with E-state index in [1.165, 1.54) is 6.08 Å². The number of nitrogens with one attached hydrogen (secondary N) is 1. The molecule has 4 nitrogen and oxygen atoms in total. The second-order valence-corrected chi connectivity index (χ2v) is 7.40. The van der Waals surface area contributed by atoms with Crippen LogP contribution in [0.2, 0.25) is 0 Å². The lowest BCUT2D eigenvalue weighted by Crippen LogP contribution is -2.14. The average molecular weight is 468 g/mol. The van der Waals surface area contributed by atoms with Gasteiger partial charge in [0.15, 0.2) is 0 Å². The monoisotopic (exact) mass is 468 g/mol. The van der Waals surface area contributed by atoms with E-state index in [0.717, 1.165) is 20.3 Å². The van der Waals surface area contributed by atoms with Crippen LogP contribution in [-0.2, 0) is 4.79 Å². The van der Waals surface area contributed by atoms with Crippen LogP contribution in [0.3, 0.4) is 0 Å². The van der Waals surface area contributed by atoms with E-state index in [-0.39, 0.29) is 5.57 Å². The van der Waals surface area contributed by atoms with E-state index in [0.29, 0.717) is 17.2 Å². The van der Waals surface area contributed by atoms with E-state index in [2.05, 4.69) is 27.9 Å². The molecule has 0 aliphatic carbocycles. The van der Waals surface area contributed by atoms with E-state index >= 15 is 0 Å². The summed E-state index contributed by atoms with van der Waals surface area (Å²) >= 11 is 2.24. The fourth-order valence-corrected chi connectivity index (χ4v) is 2.91. The van der Waals surface area contributed by atoms with Crippen LogP contribution in [0.1, 0.15) is 16.9 Å². The number of aryl methyl sites for hydroxylation is 2. The molecule has 0 saturated carbocycles. The molecule has 0 fully saturated rings. The molecule has 134 valence electrons. The average Bonchev–Trinajstić information content (AvgIpc) is 3.12. The zero-order chi connectivity index (χ0) is 19.4. The second-order valence-electron chi connectivity index (χ2n) is 6.15. The van der Waals surface area contributed by atoms with Gasteiger partial charge in [-0.25, -0.2) is 0 Å². The molecule has 1 amide bonds. The van der Waals surface area contributed by atoms with Crippen molar-refractivity contribution in [1.29, 1.82) is 5.26 Å². The molecule has 0 aliphatic rings. The molecule has 1 N–H and O–H groups in total. The molecule has 0 bridgehead atoms. The number of hydrogen-bond acceptors (Lipinski definition) is 3. The molecule has 1 aromatic heterocycles. The van der Waals surface area contributed by atoms with Gasteiger partial charge in [-0.15, -0.1) is 0 Å². The Morgan fingerprint density at radius 1 is 1.11 bits per heavy atom. The smallest absolute Gasteiger partial charge is 0.266 e. The summed E-state index contributed by atoms with van der Waals surface area (Å²) < 4.78 is 6.91. The Labute approximate surface area is 171 Å². The Morgan fingerprint density at radius 3 is 2.56 bits per heavy atom. The number of carbonyl (C=O) groups excluding carboxylic acids is 1. The van der Waals surface area contributed by atoms with Crippen LogP contribution in [0.4, 0.5) is 5.69 Å². The Hall–Kier alpha value is -2.85. The third kappa shape index (κ3) is 4.66. The van der Waals surface area contributed by atoms with E-state index in [4.69, 9.17) is 4.42 Å². The minimum atomic E-state index is -0.460. The minimum Gasteiger partial charge on any atom is -0.457 e. The molecule has 3 rings (SSSR count). The molecule has 0 spiro atoms. The van der Waals surface area contributed by atoms with Crippen molar-refractivity contribution in [2.75, 3.05) is 5.32 Å². The summed E-state index contributed by atoms with van der Waals surface area (Å²) in [7, 11) is 0. The zero-order valence-electron chi connectivity index (χ0n) is 14.9. The number of hydrogen-bond donors (Lipinski definition) is 1. The Bertz CT molecular complexity index is 1060. The molecular weight excluding hydrogens is 451 g/mol. The molecule has 0 radical (unpaired) electrons. The summed E-state index contributed by atoms with van der Waals surface area (Å²) in [6.45, 7) is 3.86. The molecule has 27 heavy (non-hydrogen) atoms. The first-order valence-corrected chi connectivity index (χ1v) is 9.40. The first kappa shape index (κ1) is 18.9. The number of benzene rings is 2. The van der Waals surface area contributed by atoms with Gasteiger partial charge in [0, 0.05) is 20.9 Å². The molecule has 1 heterocycles. The maximum Gasteiger partial charge on any atom is 0.266 e. The van der Waals surface area contributed by atoms with Gasteiger partial charge < -0.3 is 9.73 Å². The zero-order valence-corrected chi connectivity index (χ0v) is 17.1. The summed E-state index contributed by atoms with van der Waals surface area (Å²) in [6.07, 6.45) is 1.46. The largest absolute Gasteiger partial charge is 0.457 e. The lowest BCUT2D eigenvalue weighted by molar-refractivity contribution is -0.112. The SMILES string of the molecule is Cc1ccc(C)c(NC(=O)/C(C#N)=C/c2ccc(-c3ccc(I)cc3)o2)c1. The summed E-state index contributed by atoms with van der Waals surface area (Å²) in [5.41, 5.74) is 3.59. The maximum absolute atomic E-state index is 12.5. The number of nitriles is 1. The van der Waals surface area contributed by atoms with E-state index in [9.17, 15) is 10.1 Å². The van der Waals surface area contributed by atoms with Crippen LogP contribution in [0.15, 0.2) is 64.6 Å². The quantitative estimate of drug-likeness (QED) is 0.303. The van der Waals surface area contributed by atoms with Crippen LogP contribution in [0.5, 0.6) is 0 Å². The summed E-state index contributed by atoms with van der Waals surface area (Å²) in [4.78, 5) is 12.5. The minimum absolute atomic E-state index is 0.0144. The van der Waals surface area contributed by atoms with Crippen LogP contribution in [-0.4, -0.2) is 5.91 Å². The standard InChI is InChI=1S/C22H17IN2O2/c1-14-3-4-15(2)20(11-14)25-22(26)17(13-24)12-19-9-10-21(27-19)16-5-7-18(23)8-6-16/h3-12H,1-2H3,(H,25,26)/b17-12+. The maximum atomic E-state index is 12.5. The Balaban J connectivity index is 1.82. The second kappa shape index (κ2) is 8.23. The van der Waals surface area contributed by atoms with Crippen molar-refractivity contribution < 1.29 is 9.21 Å². The first-order valence-electron chi connectivity index (χ1n) is 8.32. The number of halogens is 1. The number of amides is 1. The highest BCUT2D eigenvalue weighted by Crippen LogP contribution is 2.24. The fourth-order valence-electron chi connectivity index (χ4n) is 2.55. The first-order chi connectivity index (χ1) is 13.0. The Morgan fingerprint density at radius 2 is 1.85 bits per heavy atom. The van der Waals surface area contributed by atoms with Crippen molar-refractivity contribution in [3.05, 3.63) is 80.6 Å². The van der Waals surface area contributed by atoms with Crippen LogP contribution >= 0.6 is 22.6 Å². The van der Waals surface area contributed by atoms with Gasteiger partial charge in [-0.05, 0) is 77.9 Å². The van der Waals surface area contributed by atoms with Crippen molar-refractivity contribution in [1.82, 2.24) is 0 Å². The molecule has 2 aromatic carbocycles. The molecular formula is C22H17IN2O2. The topological polar surface area (TPSA) is 66.0 Å². The fraction of sp³-hybridized carbons (Fsp3) is 0.0909. The van der Waals surface area contributed by atoms with Crippen molar-refractivity contribution in [2.45, 2.75) is 13.8 Å². The van der Waals surface area contributed by atoms with Gasteiger partial charge in [0.05, 0.1) is 0 Å². The highest BCUT2D eigenvalue weighted by molar-refractivity contribution is 14.1. The molecule has 0 atom stereocenters.